The maximum Gasteiger partial charge on any atom is 0.513 e. The number of benzene rings is 1. The molecule has 4 unspecified atom stereocenters. The molecule has 0 radical (unpaired) electrons. The van der Waals surface area contributed by atoms with Gasteiger partial charge in [-0.05, 0) is 49.3 Å². The summed E-state index contributed by atoms with van der Waals surface area (Å²) >= 11 is 0. The maximum atomic E-state index is 12.3. The van der Waals surface area contributed by atoms with E-state index in [9.17, 15) is 24.3 Å². The summed E-state index contributed by atoms with van der Waals surface area (Å²) in [4.78, 5) is 48.5. The zero-order valence-electron chi connectivity index (χ0n) is 24.7. The van der Waals surface area contributed by atoms with Crippen molar-refractivity contribution >= 4 is 24.2 Å². The summed E-state index contributed by atoms with van der Waals surface area (Å²) in [5, 5.41) is 12.6. The van der Waals surface area contributed by atoms with Crippen molar-refractivity contribution in [2.45, 2.75) is 86.3 Å². The number of aliphatic carboxylic acids is 1. The van der Waals surface area contributed by atoms with Crippen molar-refractivity contribution in [1.82, 2.24) is 5.32 Å². The summed E-state index contributed by atoms with van der Waals surface area (Å²) in [6.07, 6.45) is -0.231. The van der Waals surface area contributed by atoms with E-state index in [4.69, 9.17) is 23.7 Å². The monoisotopic (exact) mass is 567 g/mol. The Kier molecular flexibility index (Phi) is 15.7. The van der Waals surface area contributed by atoms with Crippen molar-refractivity contribution in [3.8, 4) is 11.5 Å². The Balaban J connectivity index is 3.02. The molecule has 0 saturated carbocycles. The standard InChI is InChI=1S/C29H45NO10/c1-8-18(4)16-36-28(34)39-24-12-11-22(14-25(24)40-29(35)37-17-19(5)9-2)13-23(26(31)32)30-15-21(7)38-27(33)20(6)10-3/h11-12,14,18-21,23,30H,8-10,13,15-17H2,1-7H3,(H,31,32)/t18?,19?,20?,21?,23-/m0/s1. The maximum absolute atomic E-state index is 12.3. The summed E-state index contributed by atoms with van der Waals surface area (Å²) in [5.74, 6) is -1.65. The molecule has 0 amide bonds. The number of carbonyl (C=O) groups is 4. The zero-order valence-corrected chi connectivity index (χ0v) is 24.7. The molecule has 0 aliphatic heterocycles. The highest BCUT2D eigenvalue weighted by Crippen LogP contribution is 2.30. The van der Waals surface area contributed by atoms with Gasteiger partial charge in [-0.1, -0.05) is 60.5 Å². The Labute approximate surface area is 236 Å². The molecule has 0 saturated heterocycles. The molecule has 226 valence electrons. The molecular formula is C29H45NO10. The quantitative estimate of drug-likeness (QED) is 0.142. The first-order valence-electron chi connectivity index (χ1n) is 13.9. The first-order valence-corrected chi connectivity index (χ1v) is 13.9. The van der Waals surface area contributed by atoms with Gasteiger partial charge in [0.1, 0.15) is 12.1 Å². The van der Waals surface area contributed by atoms with Crippen molar-refractivity contribution in [3.05, 3.63) is 23.8 Å². The number of carboxylic acids is 1. The van der Waals surface area contributed by atoms with Gasteiger partial charge in [-0.15, -0.1) is 0 Å². The average molecular weight is 568 g/mol. The topological polar surface area (TPSA) is 147 Å². The lowest BCUT2D eigenvalue weighted by atomic mass is 10.0. The van der Waals surface area contributed by atoms with Crippen LogP contribution in [-0.2, 0) is 30.2 Å². The molecule has 0 aliphatic carbocycles. The van der Waals surface area contributed by atoms with Crippen LogP contribution in [0.25, 0.3) is 0 Å². The second kappa shape index (κ2) is 18.1. The molecule has 1 aromatic rings. The van der Waals surface area contributed by atoms with Crippen LogP contribution >= 0.6 is 0 Å². The van der Waals surface area contributed by atoms with Crippen LogP contribution in [0.1, 0.15) is 73.3 Å². The van der Waals surface area contributed by atoms with Crippen LogP contribution in [0.2, 0.25) is 0 Å². The number of carboxylic acid groups (broad SMARTS) is 1. The number of carbonyl (C=O) groups excluding carboxylic acids is 3. The molecule has 5 atom stereocenters. The van der Waals surface area contributed by atoms with E-state index in [-0.39, 0.29) is 61.4 Å². The lowest BCUT2D eigenvalue weighted by Crippen LogP contribution is -2.43. The van der Waals surface area contributed by atoms with E-state index in [1.165, 1.54) is 12.1 Å². The molecular weight excluding hydrogens is 522 g/mol. The van der Waals surface area contributed by atoms with Crippen LogP contribution in [0.4, 0.5) is 9.59 Å². The predicted molar refractivity (Wildman–Crippen MR) is 147 cm³/mol. The van der Waals surface area contributed by atoms with Crippen molar-refractivity contribution < 1.29 is 48.0 Å². The van der Waals surface area contributed by atoms with E-state index in [1.807, 2.05) is 34.6 Å². The normalized spacial score (nSPS) is 14.7. The highest BCUT2D eigenvalue weighted by Gasteiger charge is 2.23. The largest absolute Gasteiger partial charge is 0.513 e. The molecule has 1 aromatic carbocycles. The smallest absolute Gasteiger partial charge is 0.480 e. The summed E-state index contributed by atoms with van der Waals surface area (Å²) in [5.41, 5.74) is 0.481. The van der Waals surface area contributed by atoms with Crippen LogP contribution in [0.15, 0.2) is 18.2 Å². The minimum atomic E-state index is -1.12. The molecule has 0 heterocycles. The number of ether oxygens (including phenoxy) is 5. The van der Waals surface area contributed by atoms with E-state index in [0.29, 0.717) is 12.0 Å². The molecule has 0 fully saturated rings. The van der Waals surface area contributed by atoms with E-state index in [0.717, 1.165) is 12.8 Å². The molecule has 11 nitrogen and oxygen atoms in total. The fourth-order valence-corrected chi connectivity index (χ4v) is 3.05. The SMILES string of the molecule is CCC(C)COC(=O)Oc1ccc(C[C@H](NCC(C)OC(=O)C(C)CC)C(=O)O)cc1OC(=O)OCC(C)CC. The Morgan fingerprint density at radius 3 is 1.88 bits per heavy atom. The molecule has 11 heteroatoms. The minimum Gasteiger partial charge on any atom is -0.480 e. The van der Waals surface area contributed by atoms with Crippen molar-refractivity contribution in [2.75, 3.05) is 19.8 Å². The number of hydrogen-bond donors (Lipinski definition) is 2. The van der Waals surface area contributed by atoms with Gasteiger partial charge in [0, 0.05) is 6.54 Å². The molecule has 0 bridgehead atoms. The Morgan fingerprint density at radius 2 is 1.38 bits per heavy atom. The highest BCUT2D eigenvalue weighted by atomic mass is 16.7. The fraction of sp³-hybridized carbons (Fsp3) is 0.655. The van der Waals surface area contributed by atoms with Crippen LogP contribution in [0, 0.1) is 17.8 Å². The number of nitrogens with one attached hydrogen (secondary N) is 1. The van der Waals surface area contributed by atoms with E-state index >= 15 is 0 Å². The van der Waals surface area contributed by atoms with Gasteiger partial charge in [0.2, 0.25) is 0 Å². The summed E-state index contributed by atoms with van der Waals surface area (Å²) in [6, 6.07) is 3.32. The Hall–Kier alpha value is -3.34. The average Bonchev–Trinajstić information content (AvgIpc) is 2.92. The van der Waals surface area contributed by atoms with Crippen LogP contribution in [-0.4, -0.2) is 61.3 Å². The van der Waals surface area contributed by atoms with Gasteiger partial charge in [-0.2, -0.15) is 0 Å². The van der Waals surface area contributed by atoms with E-state index in [1.54, 1.807) is 19.9 Å². The molecule has 0 aromatic heterocycles. The van der Waals surface area contributed by atoms with E-state index in [2.05, 4.69) is 5.32 Å². The van der Waals surface area contributed by atoms with Gasteiger partial charge in [-0.3, -0.25) is 9.59 Å². The lowest BCUT2D eigenvalue weighted by Gasteiger charge is -2.20. The molecule has 40 heavy (non-hydrogen) atoms. The summed E-state index contributed by atoms with van der Waals surface area (Å²) < 4.78 is 26.2. The van der Waals surface area contributed by atoms with Gasteiger partial charge in [-0.25, -0.2) is 9.59 Å². The second-order valence-corrected chi connectivity index (χ2v) is 10.2. The third-order valence-corrected chi connectivity index (χ3v) is 6.48. The van der Waals surface area contributed by atoms with Crippen LogP contribution < -0.4 is 14.8 Å². The fourth-order valence-electron chi connectivity index (χ4n) is 3.05. The molecule has 0 aliphatic rings. The van der Waals surface area contributed by atoms with Gasteiger partial charge in [0.05, 0.1) is 19.1 Å². The minimum absolute atomic E-state index is 0.00161. The highest BCUT2D eigenvalue weighted by molar-refractivity contribution is 5.74. The Bertz CT molecular complexity index is 966. The van der Waals surface area contributed by atoms with Gasteiger partial charge in [0.25, 0.3) is 0 Å². The van der Waals surface area contributed by atoms with Crippen LogP contribution in [0.3, 0.4) is 0 Å². The lowest BCUT2D eigenvalue weighted by molar-refractivity contribution is -0.152. The first-order chi connectivity index (χ1) is 18.9. The number of hydrogen-bond acceptors (Lipinski definition) is 10. The van der Waals surface area contributed by atoms with Crippen molar-refractivity contribution in [2.24, 2.45) is 17.8 Å². The van der Waals surface area contributed by atoms with Crippen molar-refractivity contribution in [1.29, 1.82) is 0 Å². The molecule has 0 spiro atoms. The molecule has 1 rings (SSSR count). The zero-order chi connectivity index (χ0) is 30.2. The van der Waals surface area contributed by atoms with E-state index < -0.39 is 30.4 Å². The summed E-state index contributed by atoms with van der Waals surface area (Å²) in [6.45, 7) is 13.5. The second-order valence-electron chi connectivity index (χ2n) is 10.2. The van der Waals surface area contributed by atoms with Crippen molar-refractivity contribution in [3.63, 3.8) is 0 Å². The Morgan fingerprint density at radius 1 is 0.825 bits per heavy atom. The van der Waals surface area contributed by atoms with Crippen LogP contribution in [0.5, 0.6) is 11.5 Å². The summed E-state index contributed by atoms with van der Waals surface area (Å²) in [7, 11) is 0. The third kappa shape index (κ3) is 13.1. The predicted octanol–water partition coefficient (Wildman–Crippen LogP) is 5.37. The number of rotatable bonds is 17. The molecule has 2 N–H and O–H groups in total. The third-order valence-electron chi connectivity index (χ3n) is 6.48. The first kappa shape index (κ1) is 34.7. The van der Waals surface area contributed by atoms with Gasteiger partial charge < -0.3 is 34.1 Å². The van der Waals surface area contributed by atoms with Gasteiger partial charge >= 0.3 is 24.2 Å². The number of esters is 1. The van der Waals surface area contributed by atoms with Gasteiger partial charge in [0.15, 0.2) is 11.5 Å².